The van der Waals surface area contributed by atoms with Crippen LogP contribution in [0.3, 0.4) is 0 Å². The Morgan fingerprint density at radius 2 is 2.44 bits per heavy atom. The summed E-state index contributed by atoms with van der Waals surface area (Å²) in [5.41, 5.74) is 0.0525. The van der Waals surface area contributed by atoms with Gasteiger partial charge < -0.3 is 19.5 Å². The monoisotopic (exact) mass is 252 g/mol. The number of carbonyl (C=O) groups is 1. The number of likely N-dealkylation sites (N-methyl/N-ethyl adjacent to an activating group) is 1. The Labute approximate surface area is 105 Å². The standard InChI is InChI=1S/C12H16N2O4/c1-14(7-9-8-17-5-6-18-9)12(16)11-10(15)3-2-4-13-11/h2-4,9,15H,5-8H2,1H3/t9-/m0/s1. The summed E-state index contributed by atoms with van der Waals surface area (Å²) in [7, 11) is 1.65. The first-order valence-corrected chi connectivity index (χ1v) is 5.77. The SMILES string of the molecule is CN(C[C@H]1COCCO1)C(=O)c1ncccc1O. The normalized spacial score (nSPS) is 19.5. The van der Waals surface area contributed by atoms with E-state index >= 15 is 0 Å². The fourth-order valence-corrected chi connectivity index (χ4v) is 1.77. The lowest BCUT2D eigenvalue weighted by Crippen LogP contribution is -2.41. The molecule has 1 fully saturated rings. The molecule has 98 valence electrons. The van der Waals surface area contributed by atoms with Crippen LogP contribution in [0.15, 0.2) is 18.3 Å². The maximum absolute atomic E-state index is 12.0. The van der Waals surface area contributed by atoms with Crippen molar-refractivity contribution < 1.29 is 19.4 Å². The minimum atomic E-state index is -0.331. The van der Waals surface area contributed by atoms with Crippen LogP contribution in [0.1, 0.15) is 10.5 Å². The summed E-state index contributed by atoms with van der Waals surface area (Å²) in [4.78, 5) is 17.4. The van der Waals surface area contributed by atoms with Crippen molar-refractivity contribution >= 4 is 5.91 Å². The molecule has 1 saturated heterocycles. The molecular formula is C12H16N2O4. The molecule has 1 amide bonds. The molecule has 2 heterocycles. The van der Waals surface area contributed by atoms with Gasteiger partial charge in [0.05, 0.1) is 25.9 Å². The van der Waals surface area contributed by atoms with Gasteiger partial charge in [-0.3, -0.25) is 4.79 Å². The number of amides is 1. The number of hydrogen-bond donors (Lipinski definition) is 1. The molecule has 0 bridgehead atoms. The van der Waals surface area contributed by atoms with Crippen LogP contribution in [0.5, 0.6) is 5.75 Å². The highest BCUT2D eigenvalue weighted by Gasteiger charge is 2.22. The van der Waals surface area contributed by atoms with Gasteiger partial charge in [0.15, 0.2) is 5.69 Å². The van der Waals surface area contributed by atoms with Gasteiger partial charge in [0.25, 0.3) is 5.91 Å². The highest BCUT2D eigenvalue weighted by molar-refractivity contribution is 5.94. The molecule has 0 aliphatic carbocycles. The van der Waals surface area contributed by atoms with Crippen LogP contribution >= 0.6 is 0 Å². The average Bonchev–Trinajstić information content (AvgIpc) is 2.39. The number of carbonyl (C=O) groups excluding carboxylic acids is 1. The first kappa shape index (κ1) is 12.8. The molecule has 1 atom stereocenters. The predicted octanol–water partition coefficient (Wildman–Crippen LogP) is 0.275. The number of ether oxygens (including phenoxy) is 2. The summed E-state index contributed by atoms with van der Waals surface area (Å²) in [6, 6.07) is 3.01. The topological polar surface area (TPSA) is 71.9 Å². The zero-order chi connectivity index (χ0) is 13.0. The van der Waals surface area contributed by atoms with E-state index in [0.717, 1.165) is 0 Å². The van der Waals surface area contributed by atoms with Crippen LogP contribution in [0.25, 0.3) is 0 Å². The summed E-state index contributed by atoms with van der Waals surface area (Å²) in [5, 5.41) is 9.57. The maximum Gasteiger partial charge on any atom is 0.276 e. The third-order valence-corrected chi connectivity index (χ3v) is 2.70. The molecular weight excluding hydrogens is 236 g/mol. The van der Waals surface area contributed by atoms with Crippen LogP contribution < -0.4 is 0 Å². The van der Waals surface area contributed by atoms with E-state index in [1.54, 1.807) is 13.1 Å². The molecule has 0 unspecified atom stereocenters. The number of hydrogen-bond acceptors (Lipinski definition) is 5. The molecule has 6 nitrogen and oxygen atoms in total. The zero-order valence-electron chi connectivity index (χ0n) is 10.2. The van der Waals surface area contributed by atoms with Crippen LogP contribution in [-0.2, 0) is 9.47 Å². The minimum Gasteiger partial charge on any atom is -0.505 e. The second-order valence-corrected chi connectivity index (χ2v) is 4.12. The van der Waals surface area contributed by atoms with Crippen LogP contribution in [-0.4, -0.2) is 60.4 Å². The van der Waals surface area contributed by atoms with Crippen molar-refractivity contribution in [3.8, 4) is 5.75 Å². The van der Waals surface area contributed by atoms with Gasteiger partial charge in [-0.05, 0) is 12.1 Å². The Kier molecular flexibility index (Phi) is 4.11. The lowest BCUT2D eigenvalue weighted by atomic mass is 10.2. The highest BCUT2D eigenvalue weighted by Crippen LogP contribution is 2.15. The molecule has 0 aromatic carbocycles. The van der Waals surface area contributed by atoms with E-state index in [2.05, 4.69) is 4.98 Å². The Morgan fingerprint density at radius 1 is 1.61 bits per heavy atom. The molecule has 0 radical (unpaired) electrons. The highest BCUT2D eigenvalue weighted by atomic mass is 16.6. The van der Waals surface area contributed by atoms with Crippen molar-refractivity contribution in [1.29, 1.82) is 0 Å². The third kappa shape index (κ3) is 2.96. The van der Waals surface area contributed by atoms with Crippen molar-refractivity contribution in [1.82, 2.24) is 9.88 Å². The van der Waals surface area contributed by atoms with Gasteiger partial charge in [-0.15, -0.1) is 0 Å². The Bertz CT molecular complexity index is 418. The second kappa shape index (κ2) is 5.79. The molecule has 1 aromatic rings. The van der Waals surface area contributed by atoms with E-state index in [0.29, 0.717) is 26.4 Å². The fraction of sp³-hybridized carbons (Fsp3) is 0.500. The first-order chi connectivity index (χ1) is 8.68. The van der Waals surface area contributed by atoms with Gasteiger partial charge in [-0.25, -0.2) is 4.98 Å². The van der Waals surface area contributed by atoms with E-state index in [-0.39, 0.29) is 23.5 Å². The number of nitrogens with zero attached hydrogens (tertiary/aromatic N) is 2. The molecule has 1 N–H and O–H groups in total. The Balaban J connectivity index is 1.98. The molecule has 6 heteroatoms. The van der Waals surface area contributed by atoms with E-state index in [1.807, 2.05) is 0 Å². The predicted molar refractivity (Wildman–Crippen MR) is 63.4 cm³/mol. The summed E-state index contributed by atoms with van der Waals surface area (Å²) >= 11 is 0. The third-order valence-electron chi connectivity index (χ3n) is 2.70. The fourth-order valence-electron chi connectivity index (χ4n) is 1.77. The van der Waals surface area contributed by atoms with Crippen LogP contribution in [0, 0.1) is 0 Å². The molecule has 1 aliphatic heterocycles. The van der Waals surface area contributed by atoms with Gasteiger partial charge in [0.2, 0.25) is 0 Å². The summed E-state index contributed by atoms with van der Waals surface area (Å²) in [6.45, 7) is 2.03. The lowest BCUT2D eigenvalue weighted by molar-refractivity contribution is -0.0933. The van der Waals surface area contributed by atoms with Gasteiger partial charge in [0.1, 0.15) is 5.75 Å². The molecule has 1 aromatic heterocycles. The lowest BCUT2D eigenvalue weighted by Gasteiger charge is -2.27. The van der Waals surface area contributed by atoms with Crippen molar-refractivity contribution in [3.05, 3.63) is 24.0 Å². The molecule has 2 rings (SSSR count). The molecule has 18 heavy (non-hydrogen) atoms. The van der Waals surface area contributed by atoms with Crippen LogP contribution in [0.4, 0.5) is 0 Å². The van der Waals surface area contributed by atoms with Crippen molar-refractivity contribution in [2.24, 2.45) is 0 Å². The quantitative estimate of drug-likeness (QED) is 0.836. The Hall–Kier alpha value is -1.66. The van der Waals surface area contributed by atoms with Gasteiger partial charge in [0, 0.05) is 19.8 Å². The second-order valence-electron chi connectivity index (χ2n) is 4.12. The van der Waals surface area contributed by atoms with Crippen molar-refractivity contribution in [3.63, 3.8) is 0 Å². The van der Waals surface area contributed by atoms with E-state index < -0.39 is 0 Å². The summed E-state index contributed by atoms with van der Waals surface area (Å²) in [5.74, 6) is -0.447. The number of aromatic nitrogens is 1. The van der Waals surface area contributed by atoms with Gasteiger partial charge >= 0.3 is 0 Å². The first-order valence-electron chi connectivity index (χ1n) is 5.77. The minimum absolute atomic E-state index is 0.0525. The summed E-state index contributed by atoms with van der Waals surface area (Å²) in [6.07, 6.45) is 1.35. The van der Waals surface area contributed by atoms with Crippen molar-refractivity contribution in [2.75, 3.05) is 33.4 Å². The van der Waals surface area contributed by atoms with Crippen LogP contribution in [0.2, 0.25) is 0 Å². The molecule has 0 spiro atoms. The maximum atomic E-state index is 12.0. The van der Waals surface area contributed by atoms with Gasteiger partial charge in [-0.2, -0.15) is 0 Å². The zero-order valence-corrected chi connectivity index (χ0v) is 10.2. The summed E-state index contributed by atoms with van der Waals surface area (Å²) < 4.78 is 10.7. The number of rotatable bonds is 3. The largest absolute Gasteiger partial charge is 0.505 e. The average molecular weight is 252 g/mol. The molecule has 0 saturated carbocycles. The number of pyridine rings is 1. The van der Waals surface area contributed by atoms with E-state index in [4.69, 9.17) is 9.47 Å². The van der Waals surface area contributed by atoms with Crippen molar-refractivity contribution in [2.45, 2.75) is 6.10 Å². The smallest absolute Gasteiger partial charge is 0.276 e. The van der Waals surface area contributed by atoms with E-state index in [9.17, 15) is 9.90 Å². The molecule has 1 aliphatic rings. The van der Waals surface area contributed by atoms with Gasteiger partial charge in [-0.1, -0.05) is 0 Å². The van der Waals surface area contributed by atoms with E-state index in [1.165, 1.54) is 17.2 Å². The Morgan fingerprint density at radius 3 is 3.11 bits per heavy atom. The number of aromatic hydroxyl groups is 1.